The molecule has 168 valence electrons. The van der Waals surface area contributed by atoms with Gasteiger partial charge in [0.25, 0.3) is 0 Å². The summed E-state index contributed by atoms with van der Waals surface area (Å²) in [5.74, 6) is 1.47. The highest BCUT2D eigenvalue weighted by Gasteiger charge is 2.33. The molecule has 1 atom stereocenters. The Balaban J connectivity index is 1.89. The van der Waals surface area contributed by atoms with Gasteiger partial charge in [0.15, 0.2) is 5.75 Å². The predicted octanol–water partition coefficient (Wildman–Crippen LogP) is 3.20. The number of halogens is 1. The Morgan fingerprint density at radius 3 is 1.79 bits per heavy atom. The quantitative estimate of drug-likeness (QED) is 0.296. The van der Waals surface area contributed by atoms with Crippen LogP contribution < -0.4 is 27.3 Å². The Kier molecular flexibility index (Phi) is 6.39. The molecule has 3 nitrogen and oxygen atoms in total. The van der Waals surface area contributed by atoms with E-state index in [-0.39, 0.29) is 5.75 Å². The Morgan fingerprint density at radius 2 is 1.24 bits per heavy atom. The summed E-state index contributed by atoms with van der Waals surface area (Å²) in [6.45, 7) is 6.24. The molecule has 0 fully saturated rings. The molecule has 4 rings (SSSR count). The molecule has 4 heteroatoms. The Labute approximate surface area is 208 Å². The first kappa shape index (κ1) is 23.2. The molecular weight excluding hydrogens is 523 g/mol. The fourth-order valence-electron chi connectivity index (χ4n) is 4.41. The molecule has 0 aliphatic rings. The van der Waals surface area contributed by atoms with Gasteiger partial charge in [-0.15, -0.1) is 0 Å². The van der Waals surface area contributed by atoms with Crippen LogP contribution in [-0.4, -0.2) is 17.3 Å². The molecule has 4 aromatic rings. The van der Waals surface area contributed by atoms with E-state index in [1.807, 2.05) is 47.7 Å². The SMILES string of the molecule is COc1c(C)cc(C(C)(c2ccc(-c3ccc(O)cc3)cc2)c2ccc(O)c(C)c2)cc1[IH+]. The molecule has 0 heterocycles. The minimum Gasteiger partial charge on any atom is -0.508 e. The van der Waals surface area contributed by atoms with E-state index in [2.05, 4.69) is 56.3 Å². The number of hydrogen-bond acceptors (Lipinski definition) is 3. The first-order valence-electron chi connectivity index (χ1n) is 10.8. The summed E-state index contributed by atoms with van der Waals surface area (Å²) in [6.07, 6.45) is 0. The molecule has 0 saturated carbocycles. The third-order valence-electron chi connectivity index (χ3n) is 6.46. The monoisotopic (exact) mass is 551 g/mol. The molecule has 0 aliphatic heterocycles. The van der Waals surface area contributed by atoms with Crippen LogP contribution in [0.5, 0.6) is 17.2 Å². The first-order valence-corrected chi connectivity index (χ1v) is 12.0. The highest BCUT2D eigenvalue weighted by atomic mass is 127. The summed E-state index contributed by atoms with van der Waals surface area (Å²) in [4.78, 5) is 0. The number of ether oxygens (including phenoxy) is 1. The number of phenols is 2. The molecule has 0 spiro atoms. The van der Waals surface area contributed by atoms with Gasteiger partial charge in [0, 0.05) is 5.41 Å². The third-order valence-corrected chi connectivity index (χ3v) is 7.32. The van der Waals surface area contributed by atoms with Crippen molar-refractivity contribution >= 4 is 0 Å². The number of phenolic OH excluding ortho intramolecular Hbond substituents is 2. The normalized spacial score (nSPS) is 12.9. The largest absolute Gasteiger partial charge is 0.508 e. The molecule has 0 aromatic heterocycles. The molecular formula is C29H28IO3+. The van der Waals surface area contributed by atoms with Crippen molar-refractivity contribution < 1.29 is 37.5 Å². The van der Waals surface area contributed by atoms with Crippen LogP contribution in [0.25, 0.3) is 11.1 Å². The number of aryl methyl sites for hydroxylation is 2. The second kappa shape index (κ2) is 9.10. The van der Waals surface area contributed by atoms with Crippen LogP contribution in [0.1, 0.15) is 34.7 Å². The summed E-state index contributed by atoms with van der Waals surface area (Å²) in [5, 5.41) is 19.8. The smallest absolute Gasteiger partial charge is 0.300 e. The van der Waals surface area contributed by atoms with Crippen molar-refractivity contribution in [3.63, 3.8) is 0 Å². The highest BCUT2D eigenvalue weighted by Crippen LogP contribution is 2.42. The van der Waals surface area contributed by atoms with Gasteiger partial charge in [0.2, 0.25) is 3.57 Å². The lowest BCUT2D eigenvalue weighted by atomic mass is 9.70. The average molecular weight is 551 g/mol. The minimum atomic E-state index is -0.435. The number of methoxy groups -OCH3 is 1. The maximum atomic E-state index is 10.2. The van der Waals surface area contributed by atoms with Crippen molar-refractivity contribution in [1.29, 1.82) is 0 Å². The Bertz CT molecular complexity index is 1270. The second-order valence-electron chi connectivity index (χ2n) is 8.58. The standard InChI is InChI=1S/C29H27IO3/c1-18-15-23(11-14-27(18)32)29(3,24-16-19(2)28(33-4)26(30)17-24)22-9-5-20(6-10-22)21-7-12-25(31)13-8-21/h5-17,30H,1-4H3,(H-,31,32)/p+1. The minimum absolute atomic E-state index is 0.260. The van der Waals surface area contributed by atoms with Gasteiger partial charge in [-0.3, -0.25) is 0 Å². The maximum Gasteiger partial charge on any atom is 0.300 e. The molecule has 2 N–H and O–H groups in total. The Hall–Kier alpha value is -2.99. The molecule has 1 unspecified atom stereocenters. The van der Waals surface area contributed by atoms with Crippen molar-refractivity contribution in [1.82, 2.24) is 0 Å². The molecule has 0 amide bonds. The van der Waals surface area contributed by atoms with Crippen LogP contribution >= 0.6 is 0 Å². The first-order chi connectivity index (χ1) is 15.7. The predicted molar refractivity (Wildman–Crippen MR) is 130 cm³/mol. The van der Waals surface area contributed by atoms with E-state index in [1.165, 1.54) is 5.56 Å². The van der Waals surface area contributed by atoms with Gasteiger partial charge in [-0.25, -0.2) is 0 Å². The van der Waals surface area contributed by atoms with Crippen LogP contribution in [0.4, 0.5) is 0 Å². The van der Waals surface area contributed by atoms with Crippen molar-refractivity contribution in [2.75, 3.05) is 7.11 Å². The number of hydrogen-bond donors (Lipinski definition) is 2. The van der Waals surface area contributed by atoms with Crippen LogP contribution in [0, 0.1) is 17.4 Å². The highest BCUT2D eigenvalue weighted by molar-refractivity contribution is 5.65. The van der Waals surface area contributed by atoms with Gasteiger partial charge in [-0.1, -0.05) is 54.6 Å². The van der Waals surface area contributed by atoms with Gasteiger partial charge in [0.1, 0.15) is 11.5 Å². The van der Waals surface area contributed by atoms with E-state index in [1.54, 1.807) is 25.3 Å². The molecule has 4 aromatic carbocycles. The summed E-state index contributed by atoms with van der Waals surface area (Å²) < 4.78 is 6.72. The maximum absolute atomic E-state index is 10.2. The lowest BCUT2D eigenvalue weighted by molar-refractivity contribution is -0.330. The molecule has 0 bridgehead atoms. The van der Waals surface area contributed by atoms with Gasteiger partial charge >= 0.3 is 22.6 Å². The Morgan fingerprint density at radius 1 is 0.697 bits per heavy atom. The lowest BCUT2D eigenvalue weighted by Gasteiger charge is -2.33. The van der Waals surface area contributed by atoms with E-state index < -0.39 is 5.41 Å². The van der Waals surface area contributed by atoms with Crippen LogP contribution in [0.3, 0.4) is 0 Å². The zero-order valence-electron chi connectivity index (χ0n) is 19.2. The van der Waals surface area contributed by atoms with E-state index in [4.69, 9.17) is 4.74 Å². The van der Waals surface area contributed by atoms with Gasteiger partial charge in [0.05, 0.1) is 7.11 Å². The van der Waals surface area contributed by atoms with E-state index in [9.17, 15) is 10.2 Å². The van der Waals surface area contributed by atoms with Crippen molar-refractivity contribution in [3.8, 4) is 28.4 Å². The number of benzene rings is 4. The fraction of sp³-hybridized carbons (Fsp3) is 0.172. The topological polar surface area (TPSA) is 49.7 Å². The summed E-state index contributed by atoms with van der Waals surface area (Å²) >= 11 is 1.99. The molecule has 33 heavy (non-hydrogen) atoms. The summed E-state index contributed by atoms with van der Waals surface area (Å²) in [6, 6.07) is 26.1. The number of rotatable bonds is 5. The van der Waals surface area contributed by atoms with E-state index in [0.717, 1.165) is 42.7 Å². The average Bonchev–Trinajstić information content (AvgIpc) is 2.81. The molecule has 0 aliphatic carbocycles. The zero-order valence-corrected chi connectivity index (χ0v) is 21.5. The lowest BCUT2D eigenvalue weighted by Crippen LogP contribution is -3.34. The van der Waals surface area contributed by atoms with Crippen LogP contribution in [0.2, 0.25) is 0 Å². The van der Waals surface area contributed by atoms with Crippen LogP contribution in [-0.2, 0) is 5.41 Å². The molecule has 0 saturated heterocycles. The fourth-order valence-corrected chi connectivity index (χ4v) is 5.47. The third kappa shape index (κ3) is 4.32. The van der Waals surface area contributed by atoms with Crippen LogP contribution in [0.15, 0.2) is 78.9 Å². The van der Waals surface area contributed by atoms with Gasteiger partial charge in [-0.05, 0) is 84.0 Å². The van der Waals surface area contributed by atoms with E-state index in [0.29, 0.717) is 5.75 Å². The number of aromatic hydroxyl groups is 2. The van der Waals surface area contributed by atoms with Crippen molar-refractivity contribution in [2.45, 2.75) is 26.2 Å². The van der Waals surface area contributed by atoms with Crippen molar-refractivity contribution in [2.24, 2.45) is 0 Å². The van der Waals surface area contributed by atoms with E-state index >= 15 is 0 Å². The summed E-state index contributed by atoms with van der Waals surface area (Å²) in [5.41, 5.74) is 7.09. The summed E-state index contributed by atoms with van der Waals surface area (Å²) in [7, 11) is 1.71. The molecule has 0 radical (unpaired) electrons. The van der Waals surface area contributed by atoms with Crippen molar-refractivity contribution in [3.05, 3.63) is 110 Å². The van der Waals surface area contributed by atoms with Gasteiger partial charge in [-0.2, -0.15) is 0 Å². The zero-order chi connectivity index (χ0) is 23.8. The second-order valence-corrected chi connectivity index (χ2v) is 9.83. The van der Waals surface area contributed by atoms with Gasteiger partial charge < -0.3 is 14.9 Å².